The maximum atomic E-state index is 5.33. The van der Waals surface area contributed by atoms with E-state index < -0.39 is 0 Å². The molecule has 7 aromatic rings. The van der Waals surface area contributed by atoms with Gasteiger partial charge < -0.3 is 5.32 Å². The van der Waals surface area contributed by atoms with Crippen LogP contribution in [0.2, 0.25) is 0 Å². The van der Waals surface area contributed by atoms with Crippen molar-refractivity contribution in [1.29, 1.82) is 0 Å². The molecule has 4 heteroatoms. The van der Waals surface area contributed by atoms with Crippen LogP contribution in [0.5, 0.6) is 0 Å². The summed E-state index contributed by atoms with van der Waals surface area (Å²) >= 11 is 0. The predicted molar refractivity (Wildman–Crippen MR) is 164 cm³/mol. The van der Waals surface area contributed by atoms with Crippen molar-refractivity contribution >= 4 is 17.0 Å². The molecular weight excluding hydrogens is 488 g/mol. The van der Waals surface area contributed by atoms with Crippen LogP contribution in [0.25, 0.3) is 50.5 Å². The van der Waals surface area contributed by atoms with Gasteiger partial charge in [0.05, 0.1) is 17.1 Å². The number of rotatable bonds is 6. The molecule has 190 valence electrons. The number of nitrogens with zero attached hydrogens (tertiary/aromatic N) is 3. The largest absolute Gasteiger partial charge is 0.354 e. The Balaban J connectivity index is 1.43. The minimum absolute atomic E-state index is 0.922. The van der Waals surface area contributed by atoms with E-state index in [1.165, 1.54) is 0 Å². The third-order valence-corrected chi connectivity index (χ3v) is 7.10. The Morgan fingerprint density at radius 3 is 1.82 bits per heavy atom. The van der Waals surface area contributed by atoms with Gasteiger partial charge in [0.2, 0.25) is 0 Å². The van der Waals surface area contributed by atoms with Crippen LogP contribution >= 0.6 is 0 Å². The molecule has 40 heavy (non-hydrogen) atoms. The van der Waals surface area contributed by atoms with Crippen LogP contribution in [-0.2, 0) is 0 Å². The molecule has 4 aromatic carbocycles. The number of pyridine rings is 2. The summed E-state index contributed by atoms with van der Waals surface area (Å²) in [6.45, 7) is 0. The van der Waals surface area contributed by atoms with Gasteiger partial charge in [-0.3, -0.25) is 9.38 Å². The Kier molecular flexibility index (Phi) is 6.11. The maximum absolute atomic E-state index is 5.33. The summed E-state index contributed by atoms with van der Waals surface area (Å²) in [5.41, 5.74) is 11.2. The molecule has 0 unspecified atom stereocenters. The monoisotopic (exact) mass is 514 g/mol. The molecule has 0 bridgehead atoms. The van der Waals surface area contributed by atoms with Crippen LogP contribution in [0.3, 0.4) is 0 Å². The fourth-order valence-corrected chi connectivity index (χ4v) is 5.25. The van der Waals surface area contributed by atoms with Gasteiger partial charge in [-0.1, -0.05) is 103 Å². The lowest BCUT2D eigenvalue weighted by molar-refractivity contribution is 1.19. The summed E-state index contributed by atoms with van der Waals surface area (Å²) in [5, 5.41) is 3.72. The molecule has 0 aliphatic carbocycles. The number of benzene rings is 4. The molecule has 0 atom stereocenters. The zero-order valence-electron chi connectivity index (χ0n) is 21.8. The molecule has 1 N–H and O–H groups in total. The third kappa shape index (κ3) is 4.32. The molecule has 0 fully saturated rings. The number of hydrogen-bond acceptors (Lipinski definition) is 3. The smallest absolute Gasteiger partial charge is 0.145 e. The number of hydrogen-bond donors (Lipinski definition) is 1. The van der Waals surface area contributed by atoms with Crippen molar-refractivity contribution in [3.05, 3.63) is 152 Å². The molecule has 0 saturated heterocycles. The van der Waals surface area contributed by atoms with E-state index in [9.17, 15) is 0 Å². The highest BCUT2D eigenvalue weighted by Gasteiger charge is 2.21. The first-order chi connectivity index (χ1) is 19.9. The van der Waals surface area contributed by atoms with E-state index >= 15 is 0 Å². The summed E-state index contributed by atoms with van der Waals surface area (Å²) < 4.78 is 2.21. The van der Waals surface area contributed by atoms with Crippen molar-refractivity contribution in [2.45, 2.75) is 0 Å². The van der Waals surface area contributed by atoms with Crippen molar-refractivity contribution in [3.63, 3.8) is 0 Å². The number of imidazole rings is 1. The van der Waals surface area contributed by atoms with Crippen LogP contribution in [0.15, 0.2) is 152 Å². The summed E-state index contributed by atoms with van der Waals surface area (Å²) in [5.74, 6) is 0. The van der Waals surface area contributed by atoms with E-state index in [1.54, 1.807) is 0 Å². The third-order valence-electron chi connectivity index (χ3n) is 7.10. The summed E-state index contributed by atoms with van der Waals surface area (Å²) in [4.78, 5) is 9.93. The SMILES string of the molecule is c1ccc(-c2cccn3c(-c4ccccc4)c(-c4ccccc4Nc4ccccc4-c4ccccn4)nc23)cc1. The highest BCUT2D eigenvalue weighted by Crippen LogP contribution is 2.40. The molecule has 4 nitrogen and oxygen atoms in total. The van der Waals surface area contributed by atoms with Crippen molar-refractivity contribution in [2.75, 3.05) is 5.32 Å². The van der Waals surface area contributed by atoms with Crippen molar-refractivity contribution in [1.82, 2.24) is 14.4 Å². The predicted octanol–water partition coefficient (Wildman–Crippen LogP) is 9.14. The van der Waals surface area contributed by atoms with Crippen LogP contribution in [-0.4, -0.2) is 14.4 Å². The standard InChI is InChI=1S/C36H26N4/c1-3-14-26(15-4-1)28-20-13-25-40-35(27-16-5-2-6-17-27)34(39-36(28)40)30-19-8-10-23-33(30)38-32-22-9-7-18-29(32)31-21-11-12-24-37-31/h1-25,38H. The van der Waals surface area contributed by atoms with Gasteiger partial charge in [0.1, 0.15) is 5.65 Å². The normalized spacial score (nSPS) is 11.0. The van der Waals surface area contributed by atoms with Gasteiger partial charge in [-0.2, -0.15) is 0 Å². The lowest BCUT2D eigenvalue weighted by atomic mass is 10.0. The Hall–Kier alpha value is -5.48. The van der Waals surface area contributed by atoms with Gasteiger partial charge in [0.15, 0.2) is 0 Å². The van der Waals surface area contributed by atoms with E-state index in [1.807, 2.05) is 48.7 Å². The van der Waals surface area contributed by atoms with Crippen LogP contribution in [0.1, 0.15) is 0 Å². The van der Waals surface area contributed by atoms with Crippen LogP contribution < -0.4 is 5.32 Å². The second-order valence-electron chi connectivity index (χ2n) is 9.59. The second kappa shape index (κ2) is 10.4. The number of para-hydroxylation sites is 2. The van der Waals surface area contributed by atoms with E-state index in [0.717, 1.165) is 61.9 Å². The Labute approximate surface area is 233 Å². The molecule has 0 aliphatic heterocycles. The first-order valence-electron chi connectivity index (χ1n) is 13.4. The van der Waals surface area contributed by atoms with Crippen molar-refractivity contribution < 1.29 is 0 Å². The number of aromatic nitrogens is 3. The number of anilines is 2. The Bertz CT molecular complexity index is 1910. The first kappa shape index (κ1) is 23.6. The van der Waals surface area contributed by atoms with Crippen LogP contribution in [0.4, 0.5) is 11.4 Å². The molecule has 0 spiro atoms. The molecule has 7 rings (SSSR count). The average molecular weight is 515 g/mol. The van der Waals surface area contributed by atoms with Crippen LogP contribution in [0, 0.1) is 0 Å². The molecule has 3 heterocycles. The van der Waals surface area contributed by atoms with E-state index in [-0.39, 0.29) is 0 Å². The Morgan fingerprint density at radius 1 is 0.500 bits per heavy atom. The van der Waals surface area contributed by atoms with Gasteiger partial charge in [0.25, 0.3) is 0 Å². The first-order valence-corrected chi connectivity index (χ1v) is 13.4. The van der Waals surface area contributed by atoms with E-state index in [4.69, 9.17) is 4.98 Å². The minimum atomic E-state index is 0.922. The maximum Gasteiger partial charge on any atom is 0.145 e. The number of nitrogens with one attached hydrogen (secondary N) is 1. The van der Waals surface area contributed by atoms with Gasteiger partial charge in [-0.05, 0) is 42.0 Å². The summed E-state index contributed by atoms with van der Waals surface area (Å²) in [7, 11) is 0. The zero-order chi connectivity index (χ0) is 26.7. The minimum Gasteiger partial charge on any atom is -0.354 e. The lowest BCUT2D eigenvalue weighted by Crippen LogP contribution is -1.97. The topological polar surface area (TPSA) is 42.2 Å². The van der Waals surface area contributed by atoms with Crippen molar-refractivity contribution in [2.24, 2.45) is 0 Å². The molecule has 0 radical (unpaired) electrons. The highest BCUT2D eigenvalue weighted by atomic mass is 15.0. The van der Waals surface area contributed by atoms with Gasteiger partial charge in [-0.25, -0.2) is 4.98 Å². The second-order valence-corrected chi connectivity index (χ2v) is 9.59. The van der Waals surface area contributed by atoms with Crippen molar-refractivity contribution in [3.8, 4) is 44.9 Å². The zero-order valence-corrected chi connectivity index (χ0v) is 21.8. The summed E-state index contributed by atoms with van der Waals surface area (Å²) in [6, 6.07) is 47.8. The average Bonchev–Trinajstić information content (AvgIpc) is 3.42. The van der Waals surface area contributed by atoms with E-state index in [2.05, 4.69) is 118 Å². The molecule has 0 aliphatic rings. The van der Waals surface area contributed by atoms with Gasteiger partial charge >= 0.3 is 0 Å². The van der Waals surface area contributed by atoms with Gasteiger partial charge in [-0.15, -0.1) is 0 Å². The fourth-order valence-electron chi connectivity index (χ4n) is 5.25. The lowest BCUT2D eigenvalue weighted by Gasteiger charge is -2.15. The molecule has 0 saturated carbocycles. The highest BCUT2D eigenvalue weighted by molar-refractivity contribution is 5.93. The quantitative estimate of drug-likeness (QED) is 0.241. The Morgan fingerprint density at radius 2 is 1.10 bits per heavy atom. The molecule has 3 aromatic heterocycles. The fraction of sp³-hybridized carbons (Fsp3) is 0. The number of fused-ring (bicyclic) bond motifs is 1. The van der Waals surface area contributed by atoms with Gasteiger partial charge in [0, 0.05) is 46.0 Å². The molecule has 0 amide bonds. The summed E-state index contributed by atoms with van der Waals surface area (Å²) in [6.07, 6.45) is 3.93. The van der Waals surface area contributed by atoms with E-state index in [0.29, 0.717) is 0 Å². The molecular formula is C36H26N4.